The smallest absolute Gasteiger partial charge is 0.508 e. The van der Waals surface area contributed by atoms with Gasteiger partial charge in [-0.3, -0.25) is 0 Å². The predicted molar refractivity (Wildman–Crippen MR) is 125 cm³/mol. The van der Waals surface area contributed by atoms with Crippen LogP contribution in [-0.4, -0.2) is 47.6 Å². The van der Waals surface area contributed by atoms with Crippen molar-refractivity contribution in [2.75, 3.05) is 24.3 Å². The molecular weight excluding hydrogens is 447 g/mol. The number of hydrogen-bond donors (Lipinski definition) is 3. The molecule has 1 heterocycles. The molecule has 4 rings (SSSR count). The topological polar surface area (TPSA) is 82.5 Å². The fourth-order valence-corrected chi connectivity index (χ4v) is 4.24. The average molecular weight is 476 g/mol. The van der Waals surface area contributed by atoms with E-state index in [1.54, 1.807) is 0 Å². The highest BCUT2D eigenvalue weighted by molar-refractivity contribution is 5.90. The van der Waals surface area contributed by atoms with Crippen molar-refractivity contribution in [3.63, 3.8) is 0 Å². The van der Waals surface area contributed by atoms with E-state index in [0.717, 1.165) is 48.5 Å². The van der Waals surface area contributed by atoms with E-state index in [2.05, 4.69) is 20.4 Å². The summed E-state index contributed by atoms with van der Waals surface area (Å²) in [6.45, 7) is 0.254. The Morgan fingerprint density at radius 1 is 1.03 bits per heavy atom. The quantitative estimate of drug-likeness (QED) is 0.452. The summed E-state index contributed by atoms with van der Waals surface area (Å²) in [6.07, 6.45) is -1.21. The number of ether oxygens (including phenoxy) is 1. The van der Waals surface area contributed by atoms with E-state index in [1.807, 2.05) is 43.3 Å². The first-order valence-electron chi connectivity index (χ1n) is 11.2. The number of rotatable bonds is 7. The molecular formula is C24H28F3N5O2. The Morgan fingerprint density at radius 3 is 2.44 bits per heavy atom. The molecule has 0 saturated heterocycles. The predicted octanol–water partition coefficient (Wildman–Crippen LogP) is 4.81. The second-order valence-electron chi connectivity index (χ2n) is 8.69. The fourth-order valence-electron chi connectivity index (χ4n) is 4.24. The lowest BCUT2D eigenvalue weighted by Gasteiger charge is -2.30. The Kier molecular flexibility index (Phi) is 6.97. The SMILES string of the molecule is CN(C)c1nc(N[C@H]2CC[C@@H](NCc3cc(OC(F)(F)F)ccc3O)CC2)nc2ccccc12. The minimum absolute atomic E-state index is 0.0671. The molecule has 3 aromatic rings. The molecule has 0 atom stereocenters. The number of halogens is 3. The molecule has 0 aliphatic heterocycles. The van der Waals surface area contributed by atoms with Gasteiger partial charge in [0.05, 0.1) is 5.52 Å². The molecule has 1 saturated carbocycles. The van der Waals surface area contributed by atoms with Gasteiger partial charge >= 0.3 is 6.36 Å². The Morgan fingerprint density at radius 2 is 1.74 bits per heavy atom. The maximum Gasteiger partial charge on any atom is 0.573 e. The molecule has 3 N–H and O–H groups in total. The number of nitrogens with one attached hydrogen (secondary N) is 2. The van der Waals surface area contributed by atoms with Crippen LogP contribution in [0.3, 0.4) is 0 Å². The lowest BCUT2D eigenvalue weighted by Crippen LogP contribution is -2.37. The number of nitrogens with zero attached hydrogens (tertiary/aromatic N) is 3. The molecule has 1 fully saturated rings. The van der Waals surface area contributed by atoms with Crippen molar-refractivity contribution >= 4 is 22.7 Å². The van der Waals surface area contributed by atoms with Gasteiger partial charge in [-0.25, -0.2) is 4.98 Å². The minimum Gasteiger partial charge on any atom is -0.508 e. The van der Waals surface area contributed by atoms with Gasteiger partial charge in [0.1, 0.15) is 17.3 Å². The van der Waals surface area contributed by atoms with Crippen LogP contribution in [0.15, 0.2) is 42.5 Å². The van der Waals surface area contributed by atoms with Crippen molar-refractivity contribution in [2.24, 2.45) is 0 Å². The van der Waals surface area contributed by atoms with E-state index in [9.17, 15) is 18.3 Å². The summed E-state index contributed by atoms with van der Waals surface area (Å²) >= 11 is 0. The summed E-state index contributed by atoms with van der Waals surface area (Å²) in [5.41, 5.74) is 1.25. The van der Waals surface area contributed by atoms with E-state index >= 15 is 0 Å². The summed E-state index contributed by atoms with van der Waals surface area (Å²) in [5.74, 6) is 1.05. The summed E-state index contributed by atoms with van der Waals surface area (Å²) in [4.78, 5) is 11.3. The number of anilines is 2. The Bertz CT molecular complexity index is 1130. The van der Waals surface area contributed by atoms with Gasteiger partial charge in [0.2, 0.25) is 5.95 Å². The zero-order valence-electron chi connectivity index (χ0n) is 19.1. The molecule has 2 aromatic carbocycles. The number of aromatic hydroxyl groups is 1. The highest BCUT2D eigenvalue weighted by Crippen LogP contribution is 2.29. The van der Waals surface area contributed by atoms with Crippen LogP contribution in [0.25, 0.3) is 10.9 Å². The van der Waals surface area contributed by atoms with E-state index in [1.165, 1.54) is 12.1 Å². The first kappa shape index (κ1) is 23.9. The van der Waals surface area contributed by atoms with E-state index in [4.69, 9.17) is 4.98 Å². The highest BCUT2D eigenvalue weighted by Gasteiger charge is 2.31. The van der Waals surface area contributed by atoms with Crippen molar-refractivity contribution < 1.29 is 23.0 Å². The molecule has 0 radical (unpaired) electrons. The molecule has 0 bridgehead atoms. The lowest BCUT2D eigenvalue weighted by atomic mass is 9.91. The number of benzene rings is 2. The van der Waals surface area contributed by atoms with Gasteiger partial charge in [-0.15, -0.1) is 13.2 Å². The Balaban J connectivity index is 1.33. The fraction of sp³-hybridized carbons (Fsp3) is 0.417. The number of para-hydroxylation sites is 1. The molecule has 7 nitrogen and oxygen atoms in total. The molecule has 34 heavy (non-hydrogen) atoms. The van der Waals surface area contributed by atoms with E-state index < -0.39 is 6.36 Å². The third-order valence-corrected chi connectivity index (χ3v) is 5.93. The zero-order chi connectivity index (χ0) is 24.3. The summed E-state index contributed by atoms with van der Waals surface area (Å²) < 4.78 is 41.3. The van der Waals surface area contributed by atoms with Crippen LogP contribution >= 0.6 is 0 Å². The number of fused-ring (bicyclic) bond motifs is 1. The van der Waals surface area contributed by atoms with Crippen molar-refractivity contribution in [3.05, 3.63) is 48.0 Å². The van der Waals surface area contributed by atoms with Gasteiger partial charge in [-0.2, -0.15) is 4.98 Å². The van der Waals surface area contributed by atoms with Crippen molar-refractivity contribution in [1.29, 1.82) is 0 Å². The lowest BCUT2D eigenvalue weighted by molar-refractivity contribution is -0.274. The number of aromatic nitrogens is 2. The van der Waals surface area contributed by atoms with Crippen LogP contribution in [0.1, 0.15) is 31.2 Å². The first-order chi connectivity index (χ1) is 16.2. The van der Waals surface area contributed by atoms with Crippen LogP contribution < -0.4 is 20.3 Å². The summed E-state index contributed by atoms with van der Waals surface area (Å²) in [5, 5.41) is 17.8. The van der Waals surface area contributed by atoms with Gasteiger partial charge in [-0.1, -0.05) is 12.1 Å². The Hall–Kier alpha value is -3.27. The minimum atomic E-state index is -4.77. The van der Waals surface area contributed by atoms with Crippen LogP contribution in [-0.2, 0) is 6.54 Å². The maximum absolute atomic E-state index is 12.5. The second-order valence-corrected chi connectivity index (χ2v) is 8.69. The standard InChI is InChI=1S/C24H28F3N5O2/c1-32(2)22-19-5-3-4-6-20(19)30-23(31-22)29-17-9-7-16(8-10-17)28-14-15-13-18(11-12-21(15)33)34-24(25,26)27/h3-6,11-13,16-17,28,33H,7-10,14H2,1-2H3,(H,29,30,31)/t16-,17+. The van der Waals surface area contributed by atoms with E-state index in [0.29, 0.717) is 11.5 Å². The number of phenols is 1. The van der Waals surface area contributed by atoms with Gasteiger partial charge in [0.25, 0.3) is 0 Å². The molecule has 1 aromatic heterocycles. The van der Waals surface area contributed by atoms with Crippen LogP contribution in [0.4, 0.5) is 24.9 Å². The molecule has 10 heteroatoms. The number of phenolic OH excluding ortho intramolecular Hbond substituents is 1. The van der Waals surface area contributed by atoms with Gasteiger partial charge < -0.3 is 25.4 Å². The van der Waals surface area contributed by atoms with Gasteiger partial charge in [0, 0.05) is 43.7 Å². The second kappa shape index (κ2) is 9.92. The molecule has 182 valence electrons. The summed E-state index contributed by atoms with van der Waals surface area (Å²) in [7, 11) is 3.91. The molecule has 0 spiro atoms. The van der Waals surface area contributed by atoms with Crippen LogP contribution in [0, 0.1) is 0 Å². The number of hydrogen-bond acceptors (Lipinski definition) is 7. The zero-order valence-corrected chi connectivity index (χ0v) is 19.1. The Labute approximate surface area is 196 Å². The maximum atomic E-state index is 12.5. The van der Waals surface area contributed by atoms with Crippen molar-refractivity contribution in [3.8, 4) is 11.5 Å². The third-order valence-electron chi connectivity index (χ3n) is 5.93. The monoisotopic (exact) mass is 475 g/mol. The van der Waals surface area contributed by atoms with Gasteiger partial charge in [0.15, 0.2) is 0 Å². The molecule has 0 unspecified atom stereocenters. The number of alkyl halides is 3. The van der Waals surface area contributed by atoms with Crippen molar-refractivity contribution in [2.45, 2.75) is 50.7 Å². The third kappa shape index (κ3) is 5.99. The van der Waals surface area contributed by atoms with Crippen LogP contribution in [0.5, 0.6) is 11.5 Å². The molecule has 0 amide bonds. The van der Waals surface area contributed by atoms with Crippen molar-refractivity contribution in [1.82, 2.24) is 15.3 Å². The van der Waals surface area contributed by atoms with Gasteiger partial charge in [-0.05, 0) is 56.0 Å². The first-order valence-corrected chi connectivity index (χ1v) is 11.2. The normalized spacial score (nSPS) is 18.6. The molecule has 1 aliphatic rings. The average Bonchev–Trinajstić information content (AvgIpc) is 2.79. The largest absolute Gasteiger partial charge is 0.573 e. The summed E-state index contributed by atoms with van der Waals surface area (Å²) in [6, 6.07) is 11.9. The van der Waals surface area contributed by atoms with E-state index in [-0.39, 0.29) is 30.1 Å². The van der Waals surface area contributed by atoms with Crippen LogP contribution in [0.2, 0.25) is 0 Å². The highest BCUT2D eigenvalue weighted by atomic mass is 19.4. The molecule has 1 aliphatic carbocycles.